The molecule has 6 heteroatoms. The van der Waals surface area contributed by atoms with Gasteiger partial charge in [-0.1, -0.05) is 48.0 Å². The minimum absolute atomic E-state index is 0. The quantitative estimate of drug-likeness (QED) is 0.343. The average molecular weight is 509 g/mol. The number of para-hydroxylation sites is 1. The number of benzene rings is 2. The predicted octanol–water partition coefficient (Wildman–Crippen LogP) is 4.45. The highest BCUT2D eigenvalue weighted by Gasteiger charge is 2.27. The molecule has 1 saturated heterocycles. The number of nitrogens with zero attached hydrogens (tertiary/aromatic N) is 1. The topological polar surface area (TPSA) is 54.9 Å². The molecular weight excluding hydrogens is 477 g/mol. The van der Waals surface area contributed by atoms with Gasteiger partial charge in [-0.05, 0) is 31.4 Å². The molecule has 29 heavy (non-hydrogen) atoms. The number of aliphatic imine (C=N–C) groups is 1. The van der Waals surface area contributed by atoms with E-state index in [4.69, 9.17) is 9.47 Å². The lowest BCUT2D eigenvalue weighted by Gasteiger charge is -2.32. The van der Waals surface area contributed by atoms with Crippen LogP contribution in [0.3, 0.4) is 0 Å². The highest BCUT2D eigenvalue weighted by molar-refractivity contribution is 14.0. The predicted molar refractivity (Wildman–Crippen MR) is 129 cm³/mol. The number of guanidine groups is 1. The molecule has 5 nitrogen and oxygen atoms in total. The van der Waals surface area contributed by atoms with Crippen molar-refractivity contribution in [1.82, 2.24) is 10.6 Å². The highest BCUT2D eigenvalue weighted by Crippen LogP contribution is 2.33. The first-order chi connectivity index (χ1) is 13.7. The Kier molecular flexibility index (Phi) is 9.73. The maximum Gasteiger partial charge on any atom is 0.191 e. The highest BCUT2D eigenvalue weighted by atomic mass is 127. The van der Waals surface area contributed by atoms with E-state index >= 15 is 0 Å². The van der Waals surface area contributed by atoms with Gasteiger partial charge < -0.3 is 20.1 Å². The molecule has 1 heterocycles. The molecule has 0 amide bonds. The Labute approximate surface area is 191 Å². The summed E-state index contributed by atoms with van der Waals surface area (Å²) in [5.41, 5.74) is 3.63. The van der Waals surface area contributed by atoms with E-state index in [-0.39, 0.29) is 30.1 Å². The second kappa shape index (κ2) is 12.0. The van der Waals surface area contributed by atoms with E-state index in [1.165, 1.54) is 11.1 Å². The monoisotopic (exact) mass is 509 g/mol. The first-order valence-electron chi connectivity index (χ1n) is 9.96. The zero-order chi connectivity index (χ0) is 19.8. The van der Waals surface area contributed by atoms with E-state index in [2.05, 4.69) is 52.9 Å². The fourth-order valence-electron chi connectivity index (χ4n) is 3.65. The molecule has 2 aromatic rings. The van der Waals surface area contributed by atoms with E-state index in [1.54, 1.807) is 14.2 Å². The molecule has 1 fully saturated rings. The molecular formula is C23H32IN3O2. The fourth-order valence-corrected chi connectivity index (χ4v) is 3.65. The van der Waals surface area contributed by atoms with Gasteiger partial charge in [-0.3, -0.25) is 4.99 Å². The number of nitrogens with one attached hydrogen (secondary N) is 2. The van der Waals surface area contributed by atoms with Crippen LogP contribution in [0.1, 0.15) is 35.6 Å². The summed E-state index contributed by atoms with van der Waals surface area (Å²) in [5.74, 6) is 2.09. The molecule has 0 aliphatic carbocycles. The van der Waals surface area contributed by atoms with Crippen molar-refractivity contribution in [3.63, 3.8) is 0 Å². The summed E-state index contributed by atoms with van der Waals surface area (Å²) < 4.78 is 11.5. The van der Waals surface area contributed by atoms with Gasteiger partial charge in [0.2, 0.25) is 0 Å². The first-order valence-corrected chi connectivity index (χ1v) is 9.96. The lowest BCUT2D eigenvalue weighted by molar-refractivity contribution is -0.0265. The van der Waals surface area contributed by atoms with E-state index in [0.29, 0.717) is 12.5 Å². The van der Waals surface area contributed by atoms with E-state index in [0.717, 1.165) is 43.3 Å². The first kappa shape index (κ1) is 23.5. The summed E-state index contributed by atoms with van der Waals surface area (Å²) in [6.45, 7) is 4.42. The minimum Gasteiger partial charge on any atom is -0.496 e. The molecule has 2 unspecified atom stereocenters. The van der Waals surface area contributed by atoms with E-state index in [1.807, 2.05) is 18.2 Å². The minimum atomic E-state index is 0. The Morgan fingerprint density at radius 1 is 1.14 bits per heavy atom. The van der Waals surface area contributed by atoms with Gasteiger partial charge in [-0.2, -0.15) is 0 Å². The number of halogens is 1. The van der Waals surface area contributed by atoms with Crippen molar-refractivity contribution in [1.29, 1.82) is 0 Å². The molecule has 0 bridgehead atoms. The van der Waals surface area contributed by atoms with Crippen LogP contribution in [-0.4, -0.2) is 33.3 Å². The third-order valence-corrected chi connectivity index (χ3v) is 5.24. The summed E-state index contributed by atoms with van der Waals surface area (Å²) in [4.78, 5) is 4.37. The van der Waals surface area contributed by atoms with Crippen LogP contribution in [-0.2, 0) is 11.3 Å². The lowest BCUT2D eigenvalue weighted by atomic mass is 9.89. The molecule has 2 aromatic carbocycles. The molecule has 158 valence electrons. The number of ether oxygens (including phenoxy) is 2. The third kappa shape index (κ3) is 6.60. The number of methoxy groups -OCH3 is 1. The molecule has 0 saturated carbocycles. The van der Waals surface area contributed by atoms with Crippen molar-refractivity contribution in [2.24, 2.45) is 10.9 Å². The second-order valence-electron chi connectivity index (χ2n) is 7.22. The van der Waals surface area contributed by atoms with Crippen molar-refractivity contribution in [3.8, 4) is 5.75 Å². The Morgan fingerprint density at radius 3 is 2.62 bits per heavy atom. The Hall–Kier alpha value is -1.80. The summed E-state index contributed by atoms with van der Waals surface area (Å²) in [6.07, 6.45) is 2.38. The number of rotatable bonds is 6. The molecule has 1 aliphatic rings. The van der Waals surface area contributed by atoms with Gasteiger partial charge in [0.25, 0.3) is 0 Å². The Morgan fingerprint density at radius 2 is 1.90 bits per heavy atom. The van der Waals surface area contributed by atoms with Crippen LogP contribution < -0.4 is 15.4 Å². The number of aryl methyl sites for hydroxylation is 1. The summed E-state index contributed by atoms with van der Waals surface area (Å²) in [6, 6.07) is 16.7. The molecule has 0 spiro atoms. The van der Waals surface area contributed by atoms with Gasteiger partial charge in [-0.25, -0.2) is 0 Å². The summed E-state index contributed by atoms with van der Waals surface area (Å²) in [5, 5.41) is 6.86. The SMILES string of the molecule is CN=C(NCc1ccccc1OC)NCC1CCCOC1c1ccc(C)cc1.I. The number of hydrogen-bond donors (Lipinski definition) is 2. The van der Waals surface area contributed by atoms with Crippen molar-refractivity contribution >= 4 is 29.9 Å². The van der Waals surface area contributed by atoms with Crippen molar-refractivity contribution in [3.05, 3.63) is 65.2 Å². The van der Waals surface area contributed by atoms with Crippen LogP contribution in [0.4, 0.5) is 0 Å². The van der Waals surface area contributed by atoms with Crippen LogP contribution in [0.2, 0.25) is 0 Å². The van der Waals surface area contributed by atoms with Gasteiger partial charge in [0.05, 0.1) is 13.2 Å². The molecule has 0 radical (unpaired) electrons. The maximum absolute atomic E-state index is 6.13. The van der Waals surface area contributed by atoms with Gasteiger partial charge in [-0.15, -0.1) is 24.0 Å². The van der Waals surface area contributed by atoms with E-state index < -0.39 is 0 Å². The molecule has 2 N–H and O–H groups in total. The smallest absolute Gasteiger partial charge is 0.191 e. The fraction of sp³-hybridized carbons (Fsp3) is 0.435. The summed E-state index contributed by atoms with van der Waals surface area (Å²) >= 11 is 0. The van der Waals surface area contributed by atoms with Gasteiger partial charge in [0, 0.05) is 38.2 Å². The second-order valence-corrected chi connectivity index (χ2v) is 7.22. The van der Waals surface area contributed by atoms with Crippen LogP contribution in [0, 0.1) is 12.8 Å². The van der Waals surface area contributed by atoms with Gasteiger partial charge >= 0.3 is 0 Å². The van der Waals surface area contributed by atoms with Crippen LogP contribution >= 0.6 is 24.0 Å². The molecule has 2 atom stereocenters. The van der Waals surface area contributed by atoms with Gasteiger partial charge in [0.15, 0.2) is 5.96 Å². The lowest BCUT2D eigenvalue weighted by Crippen LogP contribution is -2.41. The van der Waals surface area contributed by atoms with Gasteiger partial charge in [0.1, 0.15) is 5.75 Å². The Bertz CT molecular complexity index is 780. The molecule has 1 aliphatic heterocycles. The zero-order valence-corrected chi connectivity index (χ0v) is 19.8. The standard InChI is InChI=1S/C23H31N3O2.HI/c1-17-10-12-18(13-11-17)22-20(8-6-14-28-22)16-26-23(24-2)25-15-19-7-4-5-9-21(19)27-3;/h4-5,7,9-13,20,22H,6,8,14-16H2,1-3H3,(H2,24,25,26);1H. The van der Waals surface area contributed by atoms with Crippen LogP contribution in [0.5, 0.6) is 5.75 Å². The van der Waals surface area contributed by atoms with Crippen molar-refractivity contribution < 1.29 is 9.47 Å². The third-order valence-electron chi connectivity index (χ3n) is 5.24. The van der Waals surface area contributed by atoms with Crippen LogP contribution in [0.25, 0.3) is 0 Å². The average Bonchev–Trinajstić information content (AvgIpc) is 2.75. The summed E-state index contributed by atoms with van der Waals surface area (Å²) in [7, 11) is 3.49. The molecule has 3 rings (SSSR count). The zero-order valence-electron chi connectivity index (χ0n) is 17.5. The normalized spacial score (nSPS) is 19.2. The van der Waals surface area contributed by atoms with Crippen LogP contribution in [0.15, 0.2) is 53.5 Å². The largest absolute Gasteiger partial charge is 0.496 e. The Balaban J connectivity index is 0.00000300. The molecule has 0 aromatic heterocycles. The van der Waals surface area contributed by atoms with Crippen molar-refractivity contribution in [2.75, 3.05) is 27.3 Å². The van der Waals surface area contributed by atoms with Crippen molar-refractivity contribution in [2.45, 2.75) is 32.4 Å². The maximum atomic E-state index is 6.13. The number of hydrogen-bond acceptors (Lipinski definition) is 3. The van der Waals surface area contributed by atoms with E-state index in [9.17, 15) is 0 Å².